The lowest BCUT2D eigenvalue weighted by Crippen LogP contribution is -2.11. The van der Waals surface area contributed by atoms with Gasteiger partial charge in [-0.05, 0) is 43.2 Å². The standard InChI is InChI=1S/C25H31F3O2/c1-5-15(3)7-8-16(4)9-10-17-11-12-18-13-19-14-20(29-6-2)22(27)23(28)25(19)30-24(18)21(17)26/h11-12,14-16H,5-10,13H2,1-4H3. The van der Waals surface area contributed by atoms with Gasteiger partial charge in [-0.3, -0.25) is 0 Å². The summed E-state index contributed by atoms with van der Waals surface area (Å²) in [6.45, 7) is 8.57. The van der Waals surface area contributed by atoms with Gasteiger partial charge < -0.3 is 9.47 Å². The van der Waals surface area contributed by atoms with Crippen LogP contribution in [0.1, 0.15) is 70.1 Å². The maximum atomic E-state index is 15.1. The molecule has 0 aliphatic carbocycles. The van der Waals surface area contributed by atoms with Crippen LogP contribution in [-0.2, 0) is 12.8 Å². The molecule has 2 atom stereocenters. The highest BCUT2D eigenvalue weighted by Crippen LogP contribution is 2.43. The van der Waals surface area contributed by atoms with Crippen molar-refractivity contribution in [3.05, 3.63) is 52.3 Å². The molecule has 0 aromatic heterocycles. The van der Waals surface area contributed by atoms with E-state index in [9.17, 15) is 8.78 Å². The van der Waals surface area contributed by atoms with Gasteiger partial charge in [-0.2, -0.15) is 8.78 Å². The normalized spacial score (nSPS) is 14.5. The highest BCUT2D eigenvalue weighted by Gasteiger charge is 2.28. The van der Waals surface area contributed by atoms with Gasteiger partial charge in [-0.15, -0.1) is 0 Å². The van der Waals surface area contributed by atoms with Crippen LogP contribution in [0.5, 0.6) is 17.2 Å². The number of rotatable bonds is 9. The van der Waals surface area contributed by atoms with Crippen molar-refractivity contribution in [2.45, 2.75) is 66.2 Å². The largest absolute Gasteiger partial charge is 0.491 e. The van der Waals surface area contributed by atoms with E-state index in [4.69, 9.17) is 9.47 Å². The first kappa shape index (κ1) is 22.5. The summed E-state index contributed by atoms with van der Waals surface area (Å²) in [4.78, 5) is 0. The number of ether oxygens (including phenoxy) is 2. The molecule has 0 fully saturated rings. The second-order valence-electron chi connectivity index (χ2n) is 8.46. The lowest BCUT2D eigenvalue weighted by atomic mass is 9.91. The maximum Gasteiger partial charge on any atom is 0.205 e. The summed E-state index contributed by atoms with van der Waals surface area (Å²) in [5, 5.41) is 0. The minimum Gasteiger partial charge on any atom is -0.491 e. The van der Waals surface area contributed by atoms with E-state index >= 15 is 4.39 Å². The summed E-state index contributed by atoms with van der Waals surface area (Å²) in [6.07, 6.45) is 5.22. The van der Waals surface area contributed by atoms with Crippen LogP contribution < -0.4 is 9.47 Å². The number of benzene rings is 2. The fourth-order valence-corrected chi connectivity index (χ4v) is 3.84. The lowest BCUT2D eigenvalue weighted by molar-refractivity contribution is 0.306. The van der Waals surface area contributed by atoms with Crippen LogP contribution in [0.25, 0.3) is 0 Å². The monoisotopic (exact) mass is 420 g/mol. The molecule has 5 heteroatoms. The number of halogens is 3. The Morgan fingerprint density at radius 3 is 2.30 bits per heavy atom. The van der Waals surface area contributed by atoms with Crippen molar-refractivity contribution in [2.24, 2.45) is 11.8 Å². The first-order valence-corrected chi connectivity index (χ1v) is 11.0. The third-order valence-electron chi connectivity index (χ3n) is 6.10. The van der Waals surface area contributed by atoms with E-state index in [1.165, 1.54) is 18.9 Å². The van der Waals surface area contributed by atoms with E-state index in [-0.39, 0.29) is 30.3 Å². The van der Waals surface area contributed by atoms with Crippen molar-refractivity contribution in [3.8, 4) is 17.2 Å². The first-order chi connectivity index (χ1) is 14.3. The van der Waals surface area contributed by atoms with Crippen molar-refractivity contribution in [3.63, 3.8) is 0 Å². The molecule has 2 unspecified atom stereocenters. The molecule has 30 heavy (non-hydrogen) atoms. The van der Waals surface area contributed by atoms with E-state index < -0.39 is 17.5 Å². The van der Waals surface area contributed by atoms with E-state index in [1.54, 1.807) is 13.0 Å². The molecule has 2 aromatic carbocycles. The zero-order valence-corrected chi connectivity index (χ0v) is 18.3. The van der Waals surface area contributed by atoms with Gasteiger partial charge in [0.05, 0.1) is 6.61 Å². The fourth-order valence-electron chi connectivity index (χ4n) is 3.84. The molecule has 164 valence electrons. The number of aryl methyl sites for hydroxylation is 1. The predicted molar refractivity (Wildman–Crippen MR) is 113 cm³/mol. The Balaban J connectivity index is 1.76. The number of hydrogen-bond acceptors (Lipinski definition) is 2. The average Bonchev–Trinajstić information content (AvgIpc) is 2.74. The van der Waals surface area contributed by atoms with Gasteiger partial charge in [0.1, 0.15) is 0 Å². The summed E-state index contributed by atoms with van der Waals surface area (Å²) in [7, 11) is 0. The molecule has 1 aliphatic heterocycles. The molecule has 0 saturated carbocycles. The van der Waals surface area contributed by atoms with Crippen molar-refractivity contribution in [2.75, 3.05) is 6.61 Å². The molecule has 2 aromatic rings. The molecule has 0 saturated heterocycles. The van der Waals surface area contributed by atoms with Gasteiger partial charge in [-0.1, -0.05) is 52.2 Å². The second-order valence-corrected chi connectivity index (χ2v) is 8.46. The third-order valence-corrected chi connectivity index (χ3v) is 6.10. The minimum atomic E-state index is -1.13. The van der Waals surface area contributed by atoms with Crippen LogP contribution in [0.3, 0.4) is 0 Å². The van der Waals surface area contributed by atoms with Crippen molar-refractivity contribution in [1.82, 2.24) is 0 Å². The minimum absolute atomic E-state index is 0.00900. The van der Waals surface area contributed by atoms with Crippen LogP contribution in [-0.4, -0.2) is 6.61 Å². The lowest BCUT2D eigenvalue weighted by Gasteiger charge is -2.23. The van der Waals surface area contributed by atoms with Crippen LogP contribution in [0, 0.1) is 29.3 Å². The van der Waals surface area contributed by atoms with Crippen molar-refractivity contribution < 1.29 is 22.6 Å². The zero-order valence-electron chi connectivity index (χ0n) is 18.3. The van der Waals surface area contributed by atoms with Gasteiger partial charge in [-0.25, -0.2) is 4.39 Å². The second kappa shape index (κ2) is 9.76. The molecule has 0 bridgehead atoms. The molecule has 0 amide bonds. The molecule has 1 aliphatic rings. The first-order valence-electron chi connectivity index (χ1n) is 11.0. The molecule has 2 nitrogen and oxygen atoms in total. The summed E-state index contributed by atoms with van der Waals surface area (Å²) in [6, 6.07) is 5.04. The van der Waals surface area contributed by atoms with E-state index in [1.807, 2.05) is 6.07 Å². The Labute approximate surface area is 177 Å². The predicted octanol–water partition coefficient (Wildman–Crippen LogP) is 7.59. The Bertz CT molecular complexity index is 895. The number of fused-ring (bicyclic) bond motifs is 2. The summed E-state index contributed by atoms with van der Waals surface area (Å²) in [5.74, 6) is -1.89. The van der Waals surface area contributed by atoms with Gasteiger partial charge in [0.25, 0.3) is 0 Å². The molecular weight excluding hydrogens is 389 g/mol. The summed E-state index contributed by atoms with van der Waals surface area (Å²) in [5.41, 5.74) is 1.64. The van der Waals surface area contributed by atoms with Crippen LogP contribution in [0.2, 0.25) is 0 Å². The Hall–Kier alpha value is -2.17. The van der Waals surface area contributed by atoms with E-state index in [0.717, 1.165) is 12.8 Å². The van der Waals surface area contributed by atoms with Crippen LogP contribution >= 0.6 is 0 Å². The Morgan fingerprint density at radius 2 is 1.60 bits per heavy atom. The van der Waals surface area contributed by atoms with Gasteiger partial charge >= 0.3 is 0 Å². The van der Waals surface area contributed by atoms with Gasteiger partial charge in [0.15, 0.2) is 23.1 Å². The van der Waals surface area contributed by atoms with Crippen molar-refractivity contribution in [1.29, 1.82) is 0 Å². The Kier molecular flexibility index (Phi) is 7.32. The summed E-state index contributed by atoms with van der Waals surface area (Å²) >= 11 is 0. The average molecular weight is 421 g/mol. The maximum absolute atomic E-state index is 15.1. The Morgan fingerprint density at radius 1 is 0.900 bits per heavy atom. The molecule has 0 spiro atoms. The highest BCUT2D eigenvalue weighted by molar-refractivity contribution is 5.54. The molecular formula is C25H31F3O2. The fraction of sp³-hybridized carbons (Fsp3) is 0.520. The van der Waals surface area contributed by atoms with Crippen LogP contribution in [0.15, 0.2) is 18.2 Å². The van der Waals surface area contributed by atoms with Crippen molar-refractivity contribution >= 4 is 0 Å². The molecule has 3 rings (SSSR count). The van der Waals surface area contributed by atoms with Gasteiger partial charge in [0.2, 0.25) is 11.6 Å². The zero-order chi connectivity index (χ0) is 21.8. The molecule has 0 radical (unpaired) electrons. The summed E-state index contributed by atoms with van der Waals surface area (Å²) < 4.78 is 54.6. The highest BCUT2D eigenvalue weighted by atomic mass is 19.2. The number of hydrogen-bond donors (Lipinski definition) is 0. The SMILES string of the molecule is CCOc1cc2c(c(F)c1F)Oc1c(ccc(CCC(C)CCC(C)CC)c1F)C2. The smallest absolute Gasteiger partial charge is 0.205 e. The topological polar surface area (TPSA) is 18.5 Å². The van der Waals surface area contributed by atoms with E-state index in [0.29, 0.717) is 34.9 Å². The molecule has 0 N–H and O–H groups in total. The quantitative estimate of drug-likeness (QED) is 0.355. The molecule has 1 heterocycles. The van der Waals surface area contributed by atoms with Gasteiger partial charge in [0, 0.05) is 17.5 Å². The van der Waals surface area contributed by atoms with Crippen LogP contribution in [0.4, 0.5) is 13.2 Å². The third kappa shape index (κ3) is 4.76. The van der Waals surface area contributed by atoms with E-state index in [2.05, 4.69) is 20.8 Å².